The monoisotopic (exact) mass is 230 g/mol. The maximum atomic E-state index is 3.51. The zero-order chi connectivity index (χ0) is 11.7. The first kappa shape index (κ1) is 11.1. The van der Waals surface area contributed by atoms with E-state index in [9.17, 15) is 0 Å². The Bertz CT molecular complexity index is 360. The highest BCUT2D eigenvalue weighted by Crippen LogP contribution is 2.49. The van der Waals surface area contributed by atoms with Gasteiger partial charge in [0.05, 0.1) is 0 Å². The summed E-state index contributed by atoms with van der Waals surface area (Å²) in [6.07, 6.45) is 4.26. The van der Waals surface area contributed by atoms with Gasteiger partial charge in [-0.3, -0.25) is 0 Å². The maximum absolute atomic E-state index is 3.51. The molecule has 2 heteroatoms. The van der Waals surface area contributed by atoms with Crippen LogP contribution >= 0.6 is 0 Å². The van der Waals surface area contributed by atoms with Crippen LogP contribution in [0, 0.1) is 11.3 Å². The summed E-state index contributed by atoms with van der Waals surface area (Å²) in [5.74, 6) is 0.903. The van der Waals surface area contributed by atoms with E-state index < -0.39 is 0 Å². The molecular formula is C15H22N2. The van der Waals surface area contributed by atoms with Gasteiger partial charge in [-0.1, -0.05) is 18.2 Å². The fourth-order valence-electron chi connectivity index (χ4n) is 3.61. The van der Waals surface area contributed by atoms with Crippen molar-refractivity contribution in [2.24, 2.45) is 11.3 Å². The third-order valence-corrected chi connectivity index (χ3v) is 4.50. The fraction of sp³-hybridized carbons (Fsp3) is 0.600. The minimum absolute atomic E-state index is 0.683. The molecule has 1 aliphatic carbocycles. The Morgan fingerprint density at radius 2 is 2.06 bits per heavy atom. The van der Waals surface area contributed by atoms with Gasteiger partial charge in [-0.2, -0.15) is 0 Å². The van der Waals surface area contributed by atoms with Crippen molar-refractivity contribution in [1.82, 2.24) is 5.32 Å². The summed E-state index contributed by atoms with van der Waals surface area (Å²) in [5.41, 5.74) is 2.03. The summed E-state index contributed by atoms with van der Waals surface area (Å²) in [7, 11) is 2.22. The largest absolute Gasteiger partial charge is 0.374 e. The Balaban J connectivity index is 1.52. The van der Waals surface area contributed by atoms with Gasteiger partial charge < -0.3 is 10.2 Å². The lowest BCUT2D eigenvalue weighted by molar-refractivity contribution is 0.0818. The number of benzene rings is 1. The quantitative estimate of drug-likeness (QED) is 0.858. The van der Waals surface area contributed by atoms with Crippen LogP contribution in [0.4, 0.5) is 5.69 Å². The Labute approximate surface area is 104 Å². The van der Waals surface area contributed by atoms with Crippen LogP contribution in [0.5, 0.6) is 0 Å². The third kappa shape index (κ3) is 2.19. The summed E-state index contributed by atoms with van der Waals surface area (Å²) < 4.78 is 0. The highest BCUT2D eigenvalue weighted by molar-refractivity contribution is 5.45. The van der Waals surface area contributed by atoms with Crippen LogP contribution in [0.15, 0.2) is 30.3 Å². The number of nitrogens with one attached hydrogen (secondary N) is 1. The van der Waals surface area contributed by atoms with Crippen molar-refractivity contribution in [3.05, 3.63) is 30.3 Å². The van der Waals surface area contributed by atoms with Crippen LogP contribution in [0.25, 0.3) is 0 Å². The van der Waals surface area contributed by atoms with Gasteiger partial charge in [0, 0.05) is 25.8 Å². The van der Waals surface area contributed by atoms with Crippen LogP contribution in [-0.2, 0) is 0 Å². The molecule has 3 rings (SSSR count). The second-order valence-electron chi connectivity index (χ2n) is 5.92. The van der Waals surface area contributed by atoms with E-state index in [4.69, 9.17) is 0 Å². The van der Waals surface area contributed by atoms with E-state index in [0.29, 0.717) is 5.41 Å². The Morgan fingerprint density at radius 1 is 1.29 bits per heavy atom. The van der Waals surface area contributed by atoms with Crippen LogP contribution in [0.1, 0.15) is 19.3 Å². The average molecular weight is 230 g/mol. The zero-order valence-electron chi connectivity index (χ0n) is 10.7. The van der Waals surface area contributed by atoms with Crippen LogP contribution in [-0.4, -0.2) is 26.7 Å². The van der Waals surface area contributed by atoms with Gasteiger partial charge in [0.15, 0.2) is 0 Å². The summed E-state index contributed by atoms with van der Waals surface area (Å²) in [6, 6.07) is 10.7. The molecule has 0 bridgehead atoms. The molecule has 1 aliphatic heterocycles. The summed E-state index contributed by atoms with van der Waals surface area (Å²) >= 11 is 0. The van der Waals surface area contributed by atoms with Crippen molar-refractivity contribution in [3.8, 4) is 0 Å². The van der Waals surface area contributed by atoms with E-state index in [1.807, 2.05) is 0 Å². The fourth-order valence-corrected chi connectivity index (χ4v) is 3.61. The van der Waals surface area contributed by atoms with Gasteiger partial charge in [0.25, 0.3) is 0 Å². The molecule has 1 aromatic carbocycles. The first-order valence-corrected chi connectivity index (χ1v) is 6.74. The highest BCUT2D eigenvalue weighted by atomic mass is 15.1. The predicted molar refractivity (Wildman–Crippen MR) is 72.4 cm³/mol. The summed E-state index contributed by atoms with van der Waals surface area (Å²) in [4.78, 5) is 2.40. The lowest BCUT2D eigenvalue weighted by Crippen LogP contribution is -2.43. The van der Waals surface area contributed by atoms with E-state index in [2.05, 4.69) is 47.6 Å². The van der Waals surface area contributed by atoms with Gasteiger partial charge in [-0.05, 0) is 49.3 Å². The first-order valence-electron chi connectivity index (χ1n) is 6.74. The van der Waals surface area contributed by atoms with Crippen molar-refractivity contribution in [2.75, 3.05) is 31.6 Å². The van der Waals surface area contributed by atoms with Crippen LogP contribution in [0.3, 0.4) is 0 Å². The molecule has 1 saturated heterocycles. The van der Waals surface area contributed by atoms with Crippen molar-refractivity contribution in [1.29, 1.82) is 0 Å². The molecule has 1 saturated carbocycles. The maximum Gasteiger partial charge on any atom is 0.0363 e. The third-order valence-electron chi connectivity index (χ3n) is 4.50. The molecule has 0 atom stereocenters. The second-order valence-corrected chi connectivity index (χ2v) is 5.92. The van der Waals surface area contributed by atoms with E-state index in [-0.39, 0.29) is 0 Å². The van der Waals surface area contributed by atoms with Crippen molar-refractivity contribution in [3.63, 3.8) is 0 Å². The summed E-state index contributed by atoms with van der Waals surface area (Å²) in [5, 5.41) is 3.51. The van der Waals surface area contributed by atoms with E-state index in [0.717, 1.165) is 5.92 Å². The van der Waals surface area contributed by atoms with Crippen molar-refractivity contribution < 1.29 is 0 Å². The number of para-hydroxylation sites is 1. The molecule has 1 heterocycles. The zero-order valence-corrected chi connectivity index (χ0v) is 10.7. The molecule has 2 aliphatic rings. The number of nitrogens with zero attached hydrogens (tertiary/aromatic N) is 1. The number of hydrogen-bond acceptors (Lipinski definition) is 2. The molecule has 92 valence electrons. The van der Waals surface area contributed by atoms with Crippen LogP contribution < -0.4 is 10.2 Å². The molecule has 2 fully saturated rings. The van der Waals surface area contributed by atoms with Gasteiger partial charge >= 0.3 is 0 Å². The molecule has 1 aromatic rings. The van der Waals surface area contributed by atoms with E-state index in [1.54, 1.807) is 0 Å². The molecule has 0 aromatic heterocycles. The molecule has 2 nitrogen and oxygen atoms in total. The van der Waals surface area contributed by atoms with Crippen molar-refractivity contribution >= 4 is 5.69 Å². The Kier molecular flexibility index (Phi) is 2.83. The summed E-state index contributed by atoms with van der Waals surface area (Å²) in [6.45, 7) is 3.71. The Morgan fingerprint density at radius 3 is 2.71 bits per heavy atom. The standard InChI is InChI=1S/C15H22N2/c1-17(14-5-3-2-4-6-14)11-13-9-15(10-13)7-8-16-12-15/h2-6,13,16H,7-12H2,1H3. The minimum Gasteiger partial charge on any atom is -0.374 e. The number of anilines is 1. The smallest absolute Gasteiger partial charge is 0.0363 e. The molecule has 0 unspecified atom stereocenters. The van der Waals surface area contributed by atoms with Gasteiger partial charge in [-0.15, -0.1) is 0 Å². The normalized spacial score (nSPS) is 31.5. The van der Waals surface area contributed by atoms with Gasteiger partial charge in [0.1, 0.15) is 0 Å². The molecule has 1 spiro atoms. The molecule has 0 radical (unpaired) electrons. The van der Waals surface area contributed by atoms with E-state index >= 15 is 0 Å². The van der Waals surface area contributed by atoms with Gasteiger partial charge in [-0.25, -0.2) is 0 Å². The van der Waals surface area contributed by atoms with Crippen LogP contribution in [0.2, 0.25) is 0 Å². The minimum atomic E-state index is 0.683. The van der Waals surface area contributed by atoms with Gasteiger partial charge in [0.2, 0.25) is 0 Å². The second kappa shape index (κ2) is 4.34. The lowest BCUT2D eigenvalue weighted by atomic mass is 9.61. The van der Waals surface area contributed by atoms with Crippen molar-refractivity contribution in [2.45, 2.75) is 19.3 Å². The lowest BCUT2D eigenvalue weighted by Gasteiger charge is -2.46. The first-order chi connectivity index (χ1) is 8.27. The molecule has 1 N–H and O–H groups in total. The SMILES string of the molecule is CN(CC1CC2(CCNC2)C1)c1ccccc1. The number of hydrogen-bond donors (Lipinski definition) is 1. The molecular weight excluding hydrogens is 208 g/mol. The van der Waals surface area contributed by atoms with E-state index in [1.165, 1.54) is 44.6 Å². The predicted octanol–water partition coefficient (Wildman–Crippen LogP) is 2.51. The number of rotatable bonds is 3. The molecule has 17 heavy (non-hydrogen) atoms. The topological polar surface area (TPSA) is 15.3 Å². The average Bonchev–Trinajstić information content (AvgIpc) is 2.79. The molecule has 0 amide bonds. The highest BCUT2D eigenvalue weighted by Gasteiger charge is 2.45. The Hall–Kier alpha value is -1.02.